The van der Waals surface area contributed by atoms with Crippen molar-refractivity contribution in [3.8, 4) is 0 Å². The number of nitrogen functional groups attached to an aromatic ring is 1. The number of nitro groups is 1. The average molecular weight is 392 g/mol. The van der Waals surface area contributed by atoms with Gasteiger partial charge in [-0.15, -0.1) is 0 Å². The minimum absolute atomic E-state index is 0.146. The van der Waals surface area contributed by atoms with Crippen LogP contribution in [0.3, 0.4) is 0 Å². The van der Waals surface area contributed by atoms with Gasteiger partial charge in [0.15, 0.2) is 5.00 Å². The van der Waals surface area contributed by atoms with Crippen molar-refractivity contribution in [3.05, 3.63) is 44.4 Å². The summed E-state index contributed by atoms with van der Waals surface area (Å²) in [6, 6.07) is 5.89. The Morgan fingerprint density at radius 2 is 2.05 bits per heavy atom. The van der Waals surface area contributed by atoms with Gasteiger partial charge in [0.05, 0.1) is 4.92 Å². The Bertz CT molecular complexity index is 817. The lowest BCUT2D eigenvalue weighted by molar-refractivity contribution is -0.383. The number of rotatable bonds is 4. The van der Waals surface area contributed by atoms with Crippen LogP contribution in [-0.4, -0.2) is 13.3 Å². The van der Waals surface area contributed by atoms with Gasteiger partial charge in [-0.3, -0.25) is 14.8 Å². The van der Waals surface area contributed by atoms with E-state index in [0.717, 1.165) is 16.1 Å². The molecule has 1 aromatic carbocycles. The van der Waals surface area contributed by atoms with E-state index < -0.39 is 20.6 Å². The van der Waals surface area contributed by atoms with Crippen LogP contribution in [0, 0.1) is 17.0 Å². The molecule has 0 aliphatic heterocycles. The summed E-state index contributed by atoms with van der Waals surface area (Å²) in [5.41, 5.74) is 6.26. The quantitative estimate of drug-likeness (QED) is 0.613. The molecule has 0 atom stereocenters. The molecule has 21 heavy (non-hydrogen) atoms. The predicted molar refractivity (Wildman–Crippen MR) is 85.1 cm³/mol. The summed E-state index contributed by atoms with van der Waals surface area (Å²) in [6.45, 7) is 1.82. The maximum absolute atomic E-state index is 12.2. The Hall–Kier alpha value is -1.65. The van der Waals surface area contributed by atoms with Crippen LogP contribution in [-0.2, 0) is 10.0 Å². The Kier molecular flexibility index (Phi) is 4.21. The van der Waals surface area contributed by atoms with Crippen molar-refractivity contribution in [2.24, 2.45) is 0 Å². The molecule has 0 aliphatic carbocycles. The fourth-order valence-electron chi connectivity index (χ4n) is 1.56. The van der Waals surface area contributed by atoms with Gasteiger partial charge in [-0.2, -0.15) is 0 Å². The first kappa shape index (κ1) is 15.7. The van der Waals surface area contributed by atoms with Crippen LogP contribution >= 0.6 is 27.3 Å². The Balaban J connectivity index is 2.36. The van der Waals surface area contributed by atoms with Gasteiger partial charge in [0.2, 0.25) is 0 Å². The van der Waals surface area contributed by atoms with E-state index in [4.69, 9.17) is 5.73 Å². The standard InChI is InChI=1S/C11H10BrN3O4S2/c1-6-4-7(2-3-8(6)12)14-21(18,19)10-5-9(15(16)17)11(13)20-10/h2-5,14H,13H2,1H3. The van der Waals surface area contributed by atoms with E-state index in [0.29, 0.717) is 17.0 Å². The number of hydrogen-bond donors (Lipinski definition) is 2. The van der Waals surface area contributed by atoms with Crippen LogP contribution in [0.25, 0.3) is 0 Å². The van der Waals surface area contributed by atoms with Gasteiger partial charge in [-0.1, -0.05) is 27.3 Å². The molecule has 1 heterocycles. The predicted octanol–water partition coefficient (Wildman–Crippen LogP) is 3.11. The molecule has 7 nitrogen and oxygen atoms in total. The molecule has 0 amide bonds. The molecule has 0 radical (unpaired) electrons. The van der Waals surface area contributed by atoms with E-state index in [2.05, 4.69) is 20.7 Å². The zero-order chi connectivity index (χ0) is 15.8. The molecular formula is C11H10BrN3O4S2. The van der Waals surface area contributed by atoms with Gasteiger partial charge in [0.25, 0.3) is 10.0 Å². The summed E-state index contributed by atoms with van der Waals surface area (Å²) in [5.74, 6) is 0. The molecule has 2 rings (SSSR count). The van der Waals surface area contributed by atoms with E-state index >= 15 is 0 Å². The minimum Gasteiger partial charge on any atom is -0.385 e. The largest absolute Gasteiger partial charge is 0.385 e. The van der Waals surface area contributed by atoms with Crippen LogP contribution in [0.2, 0.25) is 0 Å². The fraction of sp³-hybridized carbons (Fsp3) is 0.0909. The highest BCUT2D eigenvalue weighted by atomic mass is 79.9. The molecular weight excluding hydrogens is 382 g/mol. The molecule has 112 valence electrons. The van der Waals surface area contributed by atoms with Crippen LogP contribution in [0.1, 0.15) is 5.56 Å². The first-order valence-electron chi connectivity index (χ1n) is 5.53. The lowest BCUT2D eigenvalue weighted by Gasteiger charge is -2.07. The lowest BCUT2D eigenvalue weighted by Crippen LogP contribution is -2.11. The highest BCUT2D eigenvalue weighted by Gasteiger charge is 2.24. The summed E-state index contributed by atoms with van der Waals surface area (Å²) >= 11 is 3.97. The van der Waals surface area contributed by atoms with Crippen molar-refractivity contribution < 1.29 is 13.3 Å². The Morgan fingerprint density at radius 1 is 1.38 bits per heavy atom. The van der Waals surface area contributed by atoms with Gasteiger partial charge < -0.3 is 5.73 Å². The zero-order valence-electron chi connectivity index (χ0n) is 10.7. The second-order valence-electron chi connectivity index (χ2n) is 4.14. The number of hydrogen-bond acceptors (Lipinski definition) is 6. The molecule has 0 aliphatic rings. The summed E-state index contributed by atoms with van der Waals surface area (Å²) in [6.07, 6.45) is 0. The van der Waals surface area contributed by atoms with Crippen molar-refractivity contribution in [2.75, 3.05) is 10.5 Å². The normalized spacial score (nSPS) is 11.3. The molecule has 0 saturated carbocycles. The van der Waals surface area contributed by atoms with Crippen LogP contribution < -0.4 is 10.5 Å². The van der Waals surface area contributed by atoms with Crippen molar-refractivity contribution in [2.45, 2.75) is 11.1 Å². The number of anilines is 2. The van der Waals surface area contributed by atoms with Crippen LogP contribution in [0.15, 0.2) is 32.9 Å². The van der Waals surface area contributed by atoms with Crippen molar-refractivity contribution in [3.63, 3.8) is 0 Å². The van der Waals surface area contributed by atoms with E-state index in [1.54, 1.807) is 18.2 Å². The van der Waals surface area contributed by atoms with Crippen molar-refractivity contribution in [1.29, 1.82) is 0 Å². The molecule has 0 spiro atoms. The monoisotopic (exact) mass is 391 g/mol. The van der Waals surface area contributed by atoms with E-state index in [1.165, 1.54) is 0 Å². The number of sulfonamides is 1. The van der Waals surface area contributed by atoms with Crippen LogP contribution in [0.4, 0.5) is 16.4 Å². The van der Waals surface area contributed by atoms with Gasteiger partial charge in [-0.25, -0.2) is 8.42 Å². The second-order valence-corrected chi connectivity index (χ2v) is 7.99. The number of nitrogens with two attached hydrogens (primary N) is 1. The molecule has 10 heteroatoms. The third-order valence-corrected chi connectivity index (χ3v) is 6.29. The maximum atomic E-state index is 12.2. The third kappa shape index (κ3) is 3.34. The molecule has 0 fully saturated rings. The summed E-state index contributed by atoms with van der Waals surface area (Å²) < 4.78 is 27.4. The molecule has 0 unspecified atom stereocenters. The molecule has 3 N–H and O–H groups in total. The third-order valence-electron chi connectivity index (χ3n) is 2.59. The van der Waals surface area contributed by atoms with Crippen LogP contribution in [0.5, 0.6) is 0 Å². The van der Waals surface area contributed by atoms with Gasteiger partial charge in [-0.05, 0) is 30.7 Å². The first-order valence-corrected chi connectivity index (χ1v) is 8.62. The zero-order valence-corrected chi connectivity index (χ0v) is 13.9. The minimum atomic E-state index is -3.91. The topological polar surface area (TPSA) is 115 Å². The highest BCUT2D eigenvalue weighted by molar-refractivity contribution is 9.10. The number of benzene rings is 1. The second kappa shape index (κ2) is 5.62. The molecule has 0 saturated heterocycles. The maximum Gasteiger partial charge on any atom is 0.304 e. The summed E-state index contributed by atoms with van der Waals surface area (Å²) in [4.78, 5) is 10.0. The van der Waals surface area contributed by atoms with Gasteiger partial charge in [0, 0.05) is 16.2 Å². The van der Waals surface area contributed by atoms with E-state index in [-0.39, 0.29) is 9.21 Å². The highest BCUT2D eigenvalue weighted by Crippen LogP contribution is 2.35. The molecule has 2 aromatic rings. The number of nitrogens with one attached hydrogen (secondary N) is 1. The molecule has 0 bridgehead atoms. The number of thiophene rings is 1. The average Bonchev–Trinajstić information content (AvgIpc) is 2.77. The summed E-state index contributed by atoms with van der Waals surface area (Å²) in [5, 5.41) is 10.6. The lowest BCUT2D eigenvalue weighted by atomic mass is 10.2. The SMILES string of the molecule is Cc1cc(NS(=O)(=O)c2cc([N+](=O)[O-])c(N)s2)ccc1Br. The number of halogens is 1. The Morgan fingerprint density at radius 3 is 2.57 bits per heavy atom. The number of aryl methyl sites for hydroxylation is 1. The Labute approximate surface area is 133 Å². The summed E-state index contributed by atoms with van der Waals surface area (Å²) in [7, 11) is -3.91. The van der Waals surface area contributed by atoms with E-state index in [1.807, 2.05) is 6.92 Å². The smallest absolute Gasteiger partial charge is 0.304 e. The first-order chi connectivity index (χ1) is 9.70. The van der Waals surface area contributed by atoms with Crippen molar-refractivity contribution in [1.82, 2.24) is 0 Å². The number of nitrogens with zero attached hydrogens (tertiary/aromatic N) is 1. The van der Waals surface area contributed by atoms with Gasteiger partial charge >= 0.3 is 5.69 Å². The van der Waals surface area contributed by atoms with Gasteiger partial charge in [0.1, 0.15) is 4.21 Å². The molecule has 1 aromatic heterocycles. The van der Waals surface area contributed by atoms with Crippen molar-refractivity contribution >= 4 is 53.7 Å². The van der Waals surface area contributed by atoms with E-state index in [9.17, 15) is 18.5 Å². The fourth-order valence-corrected chi connectivity index (χ4v) is 4.07.